The molecule has 0 unspecified atom stereocenters. The summed E-state index contributed by atoms with van der Waals surface area (Å²) >= 11 is 0. The molecule has 12 nitrogen and oxygen atoms in total. The van der Waals surface area contributed by atoms with Gasteiger partial charge in [0.25, 0.3) is 0 Å². The van der Waals surface area contributed by atoms with Gasteiger partial charge in [0, 0.05) is 64.6 Å². The summed E-state index contributed by atoms with van der Waals surface area (Å²) in [6.07, 6.45) is 3.30. The van der Waals surface area contributed by atoms with Crippen LogP contribution in [0.5, 0.6) is 0 Å². The van der Waals surface area contributed by atoms with Crippen LogP contribution in [0.1, 0.15) is 27.7 Å². The van der Waals surface area contributed by atoms with Crippen LogP contribution in [0, 0.1) is 5.92 Å². The molecule has 0 aliphatic carbocycles. The zero-order valence-electron chi connectivity index (χ0n) is 21.4. The molecule has 2 fully saturated rings. The Hall–Kier alpha value is -3.54. The van der Waals surface area contributed by atoms with Gasteiger partial charge in [0.05, 0.1) is 18.8 Å². The van der Waals surface area contributed by atoms with E-state index >= 15 is 0 Å². The number of morpholine rings is 1. The highest BCUT2D eigenvalue weighted by Crippen LogP contribution is 2.32. The maximum absolute atomic E-state index is 12.1. The maximum atomic E-state index is 12.1. The van der Waals surface area contributed by atoms with Gasteiger partial charge in [-0.3, -0.25) is 9.36 Å². The number of hydrogen-bond acceptors (Lipinski definition) is 10. The molecule has 0 radical (unpaired) electrons. The quantitative estimate of drug-likeness (QED) is 0.555. The Labute approximate surface area is 210 Å². The SMILES string of the molecule is CC(=O)N1CCN(c2nc3c(N4CCOCC4)nc(-c4cnc(N)nc4)nc3n2CC(C)C)C[C@H]1C. The van der Waals surface area contributed by atoms with E-state index in [1.54, 1.807) is 19.3 Å². The lowest BCUT2D eigenvalue weighted by molar-refractivity contribution is -0.131. The summed E-state index contributed by atoms with van der Waals surface area (Å²) in [4.78, 5) is 41.8. The van der Waals surface area contributed by atoms with Gasteiger partial charge in [0.2, 0.25) is 17.8 Å². The lowest BCUT2D eigenvalue weighted by Gasteiger charge is -2.40. The highest BCUT2D eigenvalue weighted by atomic mass is 16.5. The summed E-state index contributed by atoms with van der Waals surface area (Å²) in [6, 6.07) is 0.0934. The highest BCUT2D eigenvalue weighted by Gasteiger charge is 2.31. The topological polar surface area (TPSA) is 131 Å². The van der Waals surface area contributed by atoms with Crippen molar-refractivity contribution in [3.63, 3.8) is 0 Å². The molecule has 3 aromatic heterocycles. The van der Waals surface area contributed by atoms with Gasteiger partial charge in [-0.15, -0.1) is 0 Å². The Bertz CT molecular complexity index is 1240. The van der Waals surface area contributed by atoms with Crippen LogP contribution in [0.3, 0.4) is 0 Å². The second-order valence-electron chi connectivity index (χ2n) is 9.90. The molecule has 5 rings (SSSR count). The van der Waals surface area contributed by atoms with Crippen LogP contribution in [0.2, 0.25) is 0 Å². The first-order valence-electron chi connectivity index (χ1n) is 12.5. The van der Waals surface area contributed by atoms with Gasteiger partial charge in [0.15, 0.2) is 22.8 Å². The Kier molecular flexibility index (Phi) is 6.61. The molecule has 0 spiro atoms. The molecule has 0 aromatic carbocycles. The first-order chi connectivity index (χ1) is 17.3. The number of anilines is 3. The van der Waals surface area contributed by atoms with E-state index in [4.69, 9.17) is 25.4 Å². The van der Waals surface area contributed by atoms with Crippen molar-refractivity contribution in [3.8, 4) is 11.4 Å². The molecule has 36 heavy (non-hydrogen) atoms. The number of fused-ring (bicyclic) bond motifs is 1. The number of amides is 1. The van der Waals surface area contributed by atoms with Gasteiger partial charge in [-0.1, -0.05) is 13.8 Å². The van der Waals surface area contributed by atoms with E-state index < -0.39 is 0 Å². The highest BCUT2D eigenvalue weighted by molar-refractivity contribution is 5.88. The standard InChI is InChI=1S/C24H34N10O2/c1-15(2)13-34-22-19(28-24(34)32-5-6-33(17(4)35)16(3)14-32)21(31-7-9-36-10-8-31)29-20(30-22)18-11-26-23(25)27-12-18/h11-12,15-16H,5-10,13-14H2,1-4H3,(H2,25,26,27)/t16-/m1/s1. The largest absolute Gasteiger partial charge is 0.378 e. The first-order valence-corrected chi connectivity index (χ1v) is 12.5. The molecule has 1 amide bonds. The first kappa shape index (κ1) is 24.2. The van der Waals surface area contributed by atoms with Crippen molar-refractivity contribution >= 4 is 34.8 Å². The monoisotopic (exact) mass is 494 g/mol. The summed E-state index contributed by atoms with van der Waals surface area (Å²) in [6.45, 7) is 13.6. The number of nitrogens with two attached hydrogens (primary N) is 1. The van der Waals surface area contributed by atoms with Crippen molar-refractivity contribution in [2.24, 2.45) is 5.92 Å². The van der Waals surface area contributed by atoms with Crippen LogP contribution in [-0.2, 0) is 16.1 Å². The minimum atomic E-state index is 0.0934. The van der Waals surface area contributed by atoms with E-state index in [1.807, 2.05) is 4.90 Å². The van der Waals surface area contributed by atoms with Gasteiger partial charge >= 0.3 is 0 Å². The summed E-state index contributed by atoms with van der Waals surface area (Å²) in [5.74, 6) is 2.88. The number of piperazine rings is 1. The predicted molar refractivity (Wildman–Crippen MR) is 138 cm³/mol. The number of nitrogens with zero attached hydrogens (tertiary/aromatic N) is 9. The third-order valence-electron chi connectivity index (χ3n) is 6.66. The fraction of sp³-hybridized carbons (Fsp3) is 0.583. The summed E-state index contributed by atoms with van der Waals surface area (Å²) in [5.41, 5.74) is 7.97. The Morgan fingerprint density at radius 3 is 2.44 bits per heavy atom. The Morgan fingerprint density at radius 2 is 1.81 bits per heavy atom. The van der Waals surface area contributed by atoms with Crippen LogP contribution < -0.4 is 15.5 Å². The molecule has 12 heteroatoms. The van der Waals surface area contributed by atoms with Gasteiger partial charge in [-0.2, -0.15) is 0 Å². The Balaban J connectivity index is 1.66. The average molecular weight is 495 g/mol. The second kappa shape index (κ2) is 9.84. The fourth-order valence-corrected chi connectivity index (χ4v) is 4.93. The van der Waals surface area contributed by atoms with Crippen molar-refractivity contribution in [3.05, 3.63) is 12.4 Å². The number of nitrogen functional groups attached to an aromatic ring is 1. The summed E-state index contributed by atoms with van der Waals surface area (Å²) in [7, 11) is 0. The van der Waals surface area contributed by atoms with Crippen LogP contribution >= 0.6 is 0 Å². The number of carbonyl (C=O) groups is 1. The average Bonchev–Trinajstić information content (AvgIpc) is 3.22. The molecular weight excluding hydrogens is 460 g/mol. The summed E-state index contributed by atoms with van der Waals surface area (Å²) in [5, 5.41) is 0. The fourth-order valence-electron chi connectivity index (χ4n) is 4.93. The molecular formula is C24H34N10O2. The van der Waals surface area contributed by atoms with Crippen LogP contribution in [0.15, 0.2) is 12.4 Å². The lowest BCUT2D eigenvalue weighted by Crippen LogP contribution is -2.54. The lowest BCUT2D eigenvalue weighted by atomic mass is 10.2. The van der Waals surface area contributed by atoms with E-state index in [0.29, 0.717) is 50.2 Å². The van der Waals surface area contributed by atoms with Crippen molar-refractivity contribution in [1.82, 2.24) is 34.4 Å². The van der Waals surface area contributed by atoms with E-state index in [-0.39, 0.29) is 17.9 Å². The molecule has 1 atom stereocenters. The minimum Gasteiger partial charge on any atom is -0.378 e. The van der Waals surface area contributed by atoms with Crippen LogP contribution in [0.4, 0.5) is 17.7 Å². The van der Waals surface area contributed by atoms with Crippen LogP contribution in [0.25, 0.3) is 22.6 Å². The molecule has 192 valence electrons. The van der Waals surface area contributed by atoms with Crippen LogP contribution in [-0.4, -0.2) is 92.3 Å². The Morgan fingerprint density at radius 1 is 1.08 bits per heavy atom. The molecule has 5 heterocycles. The molecule has 2 saturated heterocycles. The van der Waals surface area contributed by atoms with E-state index in [1.165, 1.54) is 0 Å². The van der Waals surface area contributed by atoms with Gasteiger partial charge in [0.1, 0.15) is 0 Å². The minimum absolute atomic E-state index is 0.0934. The number of hydrogen-bond donors (Lipinski definition) is 1. The van der Waals surface area contributed by atoms with E-state index in [9.17, 15) is 4.79 Å². The van der Waals surface area contributed by atoms with E-state index in [2.05, 4.69) is 45.1 Å². The molecule has 2 aliphatic rings. The molecule has 3 aromatic rings. The number of aromatic nitrogens is 6. The molecule has 2 aliphatic heterocycles. The zero-order valence-corrected chi connectivity index (χ0v) is 21.4. The zero-order chi connectivity index (χ0) is 25.4. The van der Waals surface area contributed by atoms with E-state index in [0.717, 1.165) is 42.6 Å². The van der Waals surface area contributed by atoms with Crippen molar-refractivity contribution in [2.75, 3.05) is 61.5 Å². The predicted octanol–water partition coefficient (Wildman–Crippen LogP) is 1.42. The van der Waals surface area contributed by atoms with Gasteiger partial charge in [-0.25, -0.2) is 24.9 Å². The van der Waals surface area contributed by atoms with Gasteiger partial charge < -0.3 is 25.2 Å². The number of ether oxygens (including phenoxy) is 1. The van der Waals surface area contributed by atoms with Crippen molar-refractivity contribution in [1.29, 1.82) is 0 Å². The second-order valence-corrected chi connectivity index (χ2v) is 9.90. The van der Waals surface area contributed by atoms with Gasteiger partial charge in [-0.05, 0) is 12.8 Å². The molecule has 0 bridgehead atoms. The third kappa shape index (κ3) is 4.64. The number of rotatable bonds is 5. The third-order valence-corrected chi connectivity index (χ3v) is 6.66. The van der Waals surface area contributed by atoms with Crippen molar-refractivity contribution < 1.29 is 9.53 Å². The summed E-state index contributed by atoms with van der Waals surface area (Å²) < 4.78 is 7.79. The normalized spacial score (nSPS) is 18.9. The number of imidazole rings is 1. The maximum Gasteiger partial charge on any atom is 0.219 e. The number of carbonyl (C=O) groups excluding carboxylic acids is 1. The smallest absolute Gasteiger partial charge is 0.219 e. The van der Waals surface area contributed by atoms with Crippen molar-refractivity contribution in [2.45, 2.75) is 40.3 Å². The molecule has 0 saturated carbocycles. The molecule has 2 N–H and O–H groups in total.